The number of nitrogens with zero attached hydrogens (tertiary/aromatic N) is 1. The average Bonchev–Trinajstić information content (AvgIpc) is 2.96. The number of benzene rings is 3. The summed E-state index contributed by atoms with van der Waals surface area (Å²) in [7, 11) is 0. The number of amides is 1. The van der Waals surface area contributed by atoms with Crippen LogP contribution in [0.4, 0.5) is 10.1 Å². The molecule has 1 heterocycles. The molecule has 1 amide bonds. The van der Waals surface area contributed by atoms with Gasteiger partial charge in [-0.25, -0.2) is 4.39 Å². The lowest BCUT2D eigenvalue weighted by Gasteiger charge is -2.11. The molecule has 3 nitrogen and oxygen atoms in total. The molecule has 0 radical (unpaired) electrons. The third-order valence-electron chi connectivity index (χ3n) is 5.79. The van der Waals surface area contributed by atoms with Crippen molar-refractivity contribution in [3.63, 3.8) is 0 Å². The molecule has 0 fully saturated rings. The molecule has 4 aromatic rings. The predicted octanol–water partition coefficient (Wildman–Crippen LogP) is 6.31. The van der Waals surface area contributed by atoms with E-state index < -0.39 is 0 Å². The number of nitrogens with one attached hydrogen (secondary N) is 1. The number of halogens is 1. The zero-order valence-electron chi connectivity index (χ0n) is 17.7. The van der Waals surface area contributed by atoms with Gasteiger partial charge < -0.3 is 9.88 Å². The lowest BCUT2D eigenvalue weighted by atomic mass is 10.1. The van der Waals surface area contributed by atoms with E-state index in [9.17, 15) is 9.18 Å². The van der Waals surface area contributed by atoms with Crippen molar-refractivity contribution >= 4 is 22.5 Å². The summed E-state index contributed by atoms with van der Waals surface area (Å²) in [6.45, 7) is 8.84. The zero-order valence-corrected chi connectivity index (χ0v) is 17.7. The van der Waals surface area contributed by atoms with E-state index in [2.05, 4.69) is 29.8 Å². The number of carbonyl (C=O) groups excluding carboxylic acids is 1. The van der Waals surface area contributed by atoms with Crippen molar-refractivity contribution in [2.24, 2.45) is 0 Å². The van der Waals surface area contributed by atoms with Crippen LogP contribution in [0.1, 0.15) is 38.3 Å². The molecule has 0 atom stereocenters. The smallest absolute Gasteiger partial charge is 0.255 e. The van der Waals surface area contributed by atoms with Crippen molar-refractivity contribution in [3.05, 3.63) is 100.0 Å². The normalized spacial score (nSPS) is 11.1. The lowest BCUT2D eigenvalue weighted by molar-refractivity contribution is 0.102. The molecular weight excluding hydrogens is 375 g/mol. The molecule has 0 aliphatic rings. The van der Waals surface area contributed by atoms with Crippen molar-refractivity contribution in [3.8, 4) is 0 Å². The topological polar surface area (TPSA) is 34.0 Å². The highest BCUT2D eigenvalue weighted by Crippen LogP contribution is 2.28. The van der Waals surface area contributed by atoms with Gasteiger partial charge in [0.25, 0.3) is 5.91 Å². The molecule has 152 valence electrons. The van der Waals surface area contributed by atoms with Crippen molar-refractivity contribution in [1.29, 1.82) is 0 Å². The monoisotopic (exact) mass is 400 g/mol. The van der Waals surface area contributed by atoms with Crippen LogP contribution in [-0.2, 0) is 6.54 Å². The summed E-state index contributed by atoms with van der Waals surface area (Å²) in [5.74, 6) is -0.351. The molecule has 4 heteroatoms. The number of aryl methyl sites for hydroxylation is 3. The van der Waals surface area contributed by atoms with Crippen LogP contribution in [0, 0.1) is 33.5 Å². The average molecular weight is 400 g/mol. The van der Waals surface area contributed by atoms with Crippen LogP contribution in [0.15, 0.2) is 60.7 Å². The summed E-state index contributed by atoms with van der Waals surface area (Å²) in [5.41, 5.74) is 8.06. The van der Waals surface area contributed by atoms with Gasteiger partial charge in [-0.05, 0) is 80.8 Å². The Bertz CT molecular complexity index is 1250. The van der Waals surface area contributed by atoms with E-state index >= 15 is 0 Å². The van der Waals surface area contributed by atoms with Gasteiger partial charge in [0.15, 0.2) is 0 Å². The highest BCUT2D eigenvalue weighted by Gasteiger charge is 2.15. The summed E-state index contributed by atoms with van der Waals surface area (Å²) in [5, 5.41) is 4.08. The Morgan fingerprint density at radius 1 is 0.933 bits per heavy atom. The van der Waals surface area contributed by atoms with Crippen LogP contribution in [0.25, 0.3) is 10.9 Å². The van der Waals surface area contributed by atoms with E-state index in [1.807, 2.05) is 56.3 Å². The molecular formula is C26H25FN2O. The lowest BCUT2D eigenvalue weighted by Crippen LogP contribution is -2.12. The summed E-state index contributed by atoms with van der Waals surface area (Å²) in [4.78, 5) is 12.9. The number of carbonyl (C=O) groups is 1. The highest BCUT2D eigenvalue weighted by atomic mass is 19.1. The van der Waals surface area contributed by atoms with Crippen LogP contribution in [0.3, 0.4) is 0 Å². The zero-order chi connectivity index (χ0) is 21.4. The number of fused-ring (bicyclic) bond motifs is 1. The summed E-state index contributed by atoms with van der Waals surface area (Å²) >= 11 is 0. The van der Waals surface area contributed by atoms with Gasteiger partial charge >= 0.3 is 0 Å². The first-order valence-electron chi connectivity index (χ1n) is 10.1. The molecule has 0 spiro atoms. The third kappa shape index (κ3) is 3.73. The van der Waals surface area contributed by atoms with Crippen LogP contribution in [-0.4, -0.2) is 10.5 Å². The maximum Gasteiger partial charge on any atom is 0.255 e. The summed E-state index contributed by atoms with van der Waals surface area (Å²) in [6, 6.07) is 18.4. The molecule has 0 unspecified atom stereocenters. The second kappa shape index (κ2) is 7.79. The van der Waals surface area contributed by atoms with Gasteiger partial charge in [-0.15, -0.1) is 0 Å². The van der Waals surface area contributed by atoms with Crippen molar-refractivity contribution < 1.29 is 9.18 Å². The molecule has 30 heavy (non-hydrogen) atoms. The molecule has 0 aliphatic carbocycles. The maximum atomic E-state index is 13.2. The molecule has 0 saturated heterocycles. The largest absolute Gasteiger partial charge is 0.340 e. The third-order valence-corrected chi connectivity index (χ3v) is 5.79. The van der Waals surface area contributed by atoms with Gasteiger partial charge in [-0.3, -0.25) is 4.79 Å². The first-order valence-corrected chi connectivity index (χ1v) is 10.1. The number of aromatic nitrogens is 1. The minimum atomic E-state index is -0.233. The van der Waals surface area contributed by atoms with Crippen molar-refractivity contribution in [1.82, 2.24) is 4.57 Å². The van der Waals surface area contributed by atoms with Crippen molar-refractivity contribution in [2.45, 2.75) is 34.2 Å². The maximum absolute atomic E-state index is 13.2. The Hall–Kier alpha value is -3.40. The van der Waals surface area contributed by atoms with Crippen molar-refractivity contribution in [2.75, 3.05) is 5.32 Å². The van der Waals surface area contributed by atoms with E-state index in [1.54, 1.807) is 0 Å². The molecule has 3 aromatic carbocycles. The molecule has 4 rings (SSSR count). The Balaban J connectivity index is 1.66. The van der Waals surface area contributed by atoms with Gasteiger partial charge in [0.2, 0.25) is 0 Å². The minimum absolute atomic E-state index is 0.118. The predicted molar refractivity (Wildman–Crippen MR) is 121 cm³/mol. The van der Waals surface area contributed by atoms with E-state index in [0.717, 1.165) is 39.0 Å². The standard InChI is InChI=1S/C26H25FN2O/c1-16-5-11-24(17(2)13-16)28-26(30)21-8-12-25-23(14-21)18(3)19(4)29(25)15-20-6-9-22(27)10-7-20/h5-14H,15H2,1-4H3,(H,28,30). The van der Waals surface area contributed by atoms with Gasteiger partial charge in [0.05, 0.1) is 0 Å². The molecule has 0 bridgehead atoms. The van der Waals surface area contributed by atoms with Crippen LogP contribution >= 0.6 is 0 Å². The fraction of sp³-hybridized carbons (Fsp3) is 0.192. The summed E-state index contributed by atoms with van der Waals surface area (Å²) < 4.78 is 15.5. The molecule has 0 saturated carbocycles. The SMILES string of the molecule is Cc1ccc(NC(=O)c2ccc3c(c2)c(C)c(C)n3Cc2ccc(F)cc2)c(C)c1. The Morgan fingerprint density at radius 3 is 2.37 bits per heavy atom. The first kappa shape index (κ1) is 19.9. The van der Waals surface area contributed by atoms with Crippen LogP contribution in [0.5, 0.6) is 0 Å². The van der Waals surface area contributed by atoms with Crippen LogP contribution < -0.4 is 5.32 Å². The number of anilines is 1. The van der Waals surface area contributed by atoms with E-state index in [4.69, 9.17) is 0 Å². The Labute approximate surface area is 176 Å². The summed E-state index contributed by atoms with van der Waals surface area (Å²) in [6.07, 6.45) is 0. The van der Waals surface area contributed by atoms with Gasteiger partial charge in [-0.1, -0.05) is 29.8 Å². The fourth-order valence-electron chi connectivity index (χ4n) is 3.92. The molecule has 0 aliphatic heterocycles. The quantitative estimate of drug-likeness (QED) is 0.428. The Kier molecular flexibility index (Phi) is 5.17. The second-order valence-corrected chi connectivity index (χ2v) is 7.93. The molecule has 1 N–H and O–H groups in total. The number of hydrogen-bond acceptors (Lipinski definition) is 1. The Morgan fingerprint density at radius 2 is 1.67 bits per heavy atom. The van der Waals surface area contributed by atoms with Gasteiger partial charge in [-0.2, -0.15) is 0 Å². The number of rotatable bonds is 4. The minimum Gasteiger partial charge on any atom is -0.340 e. The van der Waals surface area contributed by atoms with Gasteiger partial charge in [0.1, 0.15) is 5.82 Å². The fourth-order valence-corrected chi connectivity index (χ4v) is 3.92. The van der Waals surface area contributed by atoms with Gasteiger partial charge in [0, 0.05) is 34.4 Å². The first-order chi connectivity index (χ1) is 14.3. The van der Waals surface area contributed by atoms with E-state index in [0.29, 0.717) is 12.1 Å². The molecule has 1 aromatic heterocycles. The second-order valence-electron chi connectivity index (χ2n) is 7.93. The van der Waals surface area contributed by atoms with E-state index in [-0.39, 0.29) is 11.7 Å². The highest BCUT2D eigenvalue weighted by molar-refractivity contribution is 6.07. The number of hydrogen-bond donors (Lipinski definition) is 1. The van der Waals surface area contributed by atoms with E-state index in [1.165, 1.54) is 17.7 Å². The van der Waals surface area contributed by atoms with Crippen LogP contribution in [0.2, 0.25) is 0 Å².